The molecule has 0 spiro atoms. The van der Waals surface area contributed by atoms with Crippen molar-refractivity contribution in [2.75, 3.05) is 5.32 Å². The minimum atomic E-state index is -0.514. The summed E-state index contributed by atoms with van der Waals surface area (Å²) in [5, 5.41) is 8.91. The maximum Gasteiger partial charge on any atom is 0.356 e. The van der Waals surface area contributed by atoms with E-state index in [2.05, 4.69) is 10.5 Å². The zero-order valence-electron chi connectivity index (χ0n) is 12.2. The van der Waals surface area contributed by atoms with Crippen LogP contribution in [-0.2, 0) is 9.63 Å². The van der Waals surface area contributed by atoms with Crippen LogP contribution in [0.3, 0.4) is 0 Å². The molecular weight excluding hydrogens is 266 g/mol. The Labute approximate surface area is 123 Å². The molecule has 110 valence electrons. The predicted molar refractivity (Wildman–Crippen MR) is 85.0 cm³/mol. The van der Waals surface area contributed by atoms with Gasteiger partial charge in [-0.05, 0) is 29.8 Å². The standard InChI is InChI=1S/C16H19N3O2/c1-3-15(17)19-21-16(20)11(2)18-14-9-8-12-6-4-5-7-13(12)10-14/h4-11,18H,3H2,1-2H3,(H2,17,19). The number of oxime groups is 1. The molecule has 2 aromatic rings. The van der Waals surface area contributed by atoms with Crippen molar-refractivity contribution < 1.29 is 9.63 Å². The Balaban J connectivity index is 2.03. The van der Waals surface area contributed by atoms with E-state index in [4.69, 9.17) is 10.6 Å². The van der Waals surface area contributed by atoms with Crippen molar-refractivity contribution in [2.24, 2.45) is 10.9 Å². The van der Waals surface area contributed by atoms with E-state index in [1.807, 2.05) is 49.4 Å². The topological polar surface area (TPSA) is 76.7 Å². The molecule has 0 saturated carbocycles. The number of nitrogens with zero attached hydrogens (tertiary/aromatic N) is 1. The largest absolute Gasteiger partial charge is 0.384 e. The molecule has 2 rings (SSSR count). The first-order valence-electron chi connectivity index (χ1n) is 6.88. The van der Waals surface area contributed by atoms with Crippen LogP contribution in [0.2, 0.25) is 0 Å². The van der Waals surface area contributed by atoms with E-state index < -0.39 is 12.0 Å². The van der Waals surface area contributed by atoms with Crippen molar-refractivity contribution in [3.8, 4) is 0 Å². The number of nitrogens with two attached hydrogens (primary N) is 1. The molecule has 3 N–H and O–H groups in total. The van der Waals surface area contributed by atoms with E-state index in [1.165, 1.54) is 0 Å². The van der Waals surface area contributed by atoms with Gasteiger partial charge in [-0.25, -0.2) is 4.79 Å². The molecule has 0 aliphatic rings. The first kappa shape index (κ1) is 14.8. The summed E-state index contributed by atoms with van der Waals surface area (Å²) < 4.78 is 0. The van der Waals surface area contributed by atoms with Crippen molar-refractivity contribution in [2.45, 2.75) is 26.3 Å². The number of nitrogens with one attached hydrogen (secondary N) is 1. The Bertz CT molecular complexity index is 667. The maximum absolute atomic E-state index is 11.8. The van der Waals surface area contributed by atoms with Crippen LogP contribution in [0.1, 0.15) is 20.3 Å². The van der Waals surface area contributed by atoms with E-state index >= 15 is 0 Å². The number of anilines is 1. The summed E-state index contributed by atoms with van der Waals surface area (Å²) >= 11 is 0. The van der Waals surface area contributed by atoms with Crippen LogP contribution in [0.15, 0.2) is 47.6 Å². The van der Waals surface area contributed by atoms with Crippen LogP contribution in [0.4, 0.5) is 5.69 Å². The van der Waals surface area contributed by atoms with Gasteiger partial charge in [0.15, 0.2) is 0 Å². The number of carbonyl (C=O) groups excluding carboxylic acids is 1. The quantitative estimate of drug-likeness (QED) is 0.383. The molecule has 0 bridgehead atoms. The lowest BCUT2D eigenvalue weighted by molar-refractivity contribution is -0.144. The monoisotopic (exact) mass is 285 g/mol. The number of hydrogen-bond acceptors (Lipinski definition) is 4. The zero-order valence-corrected chi connectivity index (χ0v) is 12.2. The third kappa shape index (κ3) is 3.95. The van der Waals surface area contributed by atoms with Gasteiger partial charge in [-0.3, -0.25) is 0 Å². The Morgan fingerprint density at radius 3 is 2.71 bits per heavy atom. The average Bonchev–Trinajstić information content (AvgIpc) is 2.51. The molecule has 2 aromatic carbocycles. The molecule has 0 aromatic heterocycles. The number of benzene rings is 2. The molecular formula is C16H19N3O2. The van der Waals surface area contributed by atoms with Crippen LogP contribution in [0.5, 0.6) is 0 Å². The highest BCUT2D eigenvalue weighted by molar-refractivity contribution is 5.87. The number of fused-ring (bicyclic) bond motifs is 1. The van der Waals surface area contributed by atoms with Crippen molar-refractivity contribution in [1.82, 2.24) is 0 Å². The summed E-state index contributed by atoms with van der Waals surface area (Å²) in [5.74, 6) is -0.180. The second kappa shape index (κ2) is 6.74. The summed E-state index contributed by atoms with van der Waals surface area (Å²) in [6.45, 7) is 3.55. The van der Waals surface area contributed by atoms with Gasteiger partial charge in [-0.1, -0.05) is 42.4 Å². The molecule has 0 fully saturated rings. The van der Waals surface area contributed by atoms with Gasteiger partial charge in [0, 0.05) is 12.1 Å². The summed E-state index contributed by atoms with van der Waals surface area (Å²) in [6.07, 6.45) is 0.541. The Morgan fingerprint density at radius 1 is 1.29 bits per heavy atom. The smallest absolute Gasteiger partial charge is 0.356 e. The fraction of sp³-hybridized carbons (Fsp3) is 0.250. The fourth-order valence-electron chi connectivity index (χ4n) is 1.84. The summed E-state index contributed by atoms with van der Waals surface area (Å²) in [6, 6.07) is 13.4. The van der Waals surface area contributed by atoms with Gasteiger partial charge in [0.1, 0.15) is 11.9 Å². The third-order valence-electron chi connectivity index (χ3n) is 3.10. The number of rotatable bonds is 5. The summed E-state index contributed by atoms with van der Waals surface area (Å²) in [5.41, 5.74) is 6.34. The first-order valence-corrected chi connectivity index (χ1v) is 6.88. The van der Waals surface area contributed by atoms with Gasteiger partial charge in [-0.2, -0.15) is 0 Å². The van der Waals surface area contributed by atoms with E-state index in [-0.39, 0.29) is 0 Å². The molecule has 1 atom stereocenters. The molecule has 0 aliphatic heterocycles. The second-order valence-corrected chi connectivity index (χ2v) is 4.77. The van der Waals surface area contributed by atoms with Crippen molar-refractivity contribution in [1.29, 1.82) is 0 Å². The van der Waals surface area contributed by atoms with Gasteiger partial charge in [-0.15, -0.1) is 0 Å². The number of amidine groups is 1. The lowest BCUT2D eigenvalue weighted by Crippen LogP contribution is -2.27. The Morgan fingerprint density at radius 2 is 2.00 bits per heavy atom. The van der Waals surface area contributed by atoms with Gasteiger partial charge in [0.2, 0.25) is 0 Å². The Hall–Kier alpha value is -2.56. The van der Waals surface area contributed by atoms with Gasteiger partial charge in [0.25, 0.3) is 0 Å². The molecule has 21 heavy (non-hydrogen) atoms. The normalized spacial score (nSPS) is 13.0. The van der Waals surface area contributed by atoms with Crippen LogP contribution in [0, 0.1) is 0 Å². The summed E-state index contributed by atoms with van der Waals surface area (Å²) in [4.78, 5) is 16.6. The van der Waals surface area contributed by atoms with Crippen LogP contribution >= 0.6 is 0 Å². The molecule has 0 heterocycles. The molecule has 0 saturated heterocycles. The lowest BCUT2D eigenvalue weighted by Gasteiger charge is -2.13. The van der Waals surface area contributed by atoms with E-state index in [9.17, 15) is 4.79 Å². The van der Waals surface area contributed by atoms with Crippen LogP contribution in [-0.4, -0.2) is 17.8 Å². The van der Waals surface area contributed by atoms with Crippen molar-refractivity contribution in [3.05, 3.63) is 42.5 Å². The maximum atomic E-state index is 11.8. The van der Waals surface area contributed by atoms with Gasteiger partial charge < -0.3 is 15.9 Å². The highest BCUT2D eigenvalue weighted by atomic mass is 16.7. The highest BCUT2D eigenvalue weighted by Gasteiger charge is 2.14. The first-order chi connectivity index (χ1) is 10.1. The molecule has 0 amide bonds. The van der Waals surface area contributed by atoms with Crippen molar-refractivity contribution in [3.63, 3.8) is 0 Å². The van der Waals surface area contributed by atoms with E-state index in [0.29, 0.717) is 12.3 Å². The number of hydrogen-bond donors (Lipinski definition) is 2. The minimum absolute atomic E-state index is 0.293. The molecule has 5 heteroatoms. The van der Waals surface area contributed by atoms with Gasteiger partial charge >= 0.3 is 5.97 Å². The lowest BCUT2D eigenvalue weighted by atomic mass is 10.1. The third-order valence-corrected chi connectivity index (χ3v) is 3.10. The zero-order chi connectivity index (χ0) is 15.2. The average molecular weight is 285 g/mol. The molecule has 0 radical (unpaired) electrons. The summed E-state index contributed by atoms with van der Waals surface area (Å²) in [7, 11) is 0. The van der Waals surface area contributed by atoms with Crippen LogP contribution in [0.25, 0.3) is 10.8 Å². The predicted octanol–water partition coefficient (Wildman–Crippen LogP) is 2.87. The molecule has 0 aliphatic carbocycles. The SMILES string of the molecule is CC/C(N)=N\OC(=O)C(C)Nc1ccc2ccccc2c1. The fourth-order valence-corrected chi connectivity index (χ4v) is 1.84. The highest BCUT2D eigenvalue weighted by Crippen LogP contribution is 2.19. The molecule has 1 unspecified atom stereocenters. The Kier molecular flexibility index (Phi) is 4.77. The minimum Gasteiger partial charge on any atom is -0.384 e. The van der Waals surface area contributed by atoms with Crippen molar-refractivity contribution >= 4 is 28.3 Å². The second-order valence-electron chi connectivity index (χ2n) is 4.77. The number of carbonyl (C=O) groups is 1. The van der Waals surface area contributed by atoms with Crippen LogP contribution < -0.4 is 11.1 Å². The van der Waals surface area contributed by atoms with E-state index in [0.717, 1.165) is 16.5 Å². The van der Waals surface area contributed by atoms with Gasteiger partial charge in [0.05, 0.1) is 0 Å². The van der Waals surface area contributed by atoms with E-state index in [1.54, 1.807) is 6.92 Å². The molecule has 5 nitrogen and oxygen atoms in total.